The molecule has 100 valence electrons. The van der Waals surface area contributed by atoms with Crippen molar-refractivity contribution in [2.75, 3.05) is 6.54 Å². The van der Waals surface area contributed by atoms with Crippen LogP contribution < -0.4 is 5.32 Å². The highest BCUT2D eigenvalue weighted by Crippen LogP contribution is 2.28. The van der Waals surface area contributed by atoms with Gasteiger partial charge in [-0.05, 0) is 53.4 Å². The van der Waals surface area contributed by atoms with Gasteiger partial charge in [0.15, 0.2) is 0 Å². The van der Waals surface area contributed by atoms with E-state index < -0.39 is 0 Å². The van der Waals surface area contributed by atoms with Crippen molar-refractivity contribution in [2.24, 2.45) is 0 Å². The van der Waals surface area contributed by atoms with E-state index in [-0.39, 0.29) is 0 Å². The minimum atomic E-state index is 0.577. The maximum absolute atomic E-state index is 5.70. The van der Waals surface area contributed by atoms with E-state index in [1.807, 2.05) is 18.2 Å². The normalized spacial score (nSPS) is 14.8. The molecule has 0 saturated heterocycles. The van der Waals surface area contributed by atoms with Crippen LogP contribution in [0.5, 0.6) is 0 Å². The number of benzene rings is 1. The Hall–Kier alpha value is -1.20. The zero-order valence-electron chi connectivity index (χ0n) is 10.8. The maximum atomic E-state index is 5.70. The number of nitrogens with zero attached hydrogens (tertiary/aromatic N) is 2. The third kappa shape index (κ3) is 3.22. The summed E-state index contributed by atoms with van der Waals surface area (Å²) in [7, 11) is 0. The third-order valence-electron chi connectivity index (χ3n) is 3.17. The summed E-state index contributed by atoms with van der Waals surface area (Å²) in [5.41, 5.74) is 2.14. The van der Waals surface area contributed by atoms with Gasteiger partial charge in [0.05, 0.1) is 5.56 Å². The van der Waals surface area contributed by atoms with Gasteiger partial charge in [0, 0.05) is 23.5 Å². The molecule has 4 nitrogen and oxygen atoms in total. The molecule has 1 aromatic heterocycles. The second-order valence-electron chi connectivity index (χ2n) is 4.96. The van der Waals surface area contributed by atoms with E-state index in [1.54, 1.807) is 0 Å². The quantitative estimate of drug-likeness (QED) is 0.919. The van der Waals surface area contributed by atoms with Crippen LogP contribution in [0, 0.1) is 6.92 Å². The minimum absolute atomic E-state index is 0.577. The van der Waals surface area contributed by atoms with Crippen molar-refractivity contribution in [3.8, 4) is 11.5 Å². The second-order valence-corrected chi connectivity index (χ2v) is 5.82. The van der Waals surface area contributed by atoms with Gasteiger partial charge in [0.1, 0.15) is 0 Å². The van der Waals surface area contributed by atoms with Crippen LogP contribution in [0.2, 0.25) is 0 Å². The zero-order chi connectivity index (χ0) is 13.2. The van der Waals surface area contributed by atoms with Crippen LogP contribution in [-0.4, -0.2) is 22.8 Å². The van der Waals surface area contributed by atoms with Crippen LogP contribution in [0.1, 0.15) is 24.3 Å². The topological polar surface area (TPSA) is 51.0 Å². The minimum Gasteiger partial charge on any atom is -0.421 e. The molecule has 2 aromatic rings. The average molecular weight is 322 g/mol. The average Bonchev–Trinajstić information content (AvgIpc) is 3.07. The van der Waals surface area contributed by atoms with Crippen molar-refractivity contribution >= 4 is 15.9 Å². The first-order valence-corrected chi connectivity index (χ1v) is 7.34. The predicted molar refractivity (Wildman–Crippen MR) is 76.9 cm³/mol. The van der Waals surface area contributed by atoms with Crippen LogP contribution in [0.15, 0.2) is 27.1 Å². The van der Waals surface area contributed by atoms with Crippen LogP contribution in [-0.2, 0) is 6.42 Å². The van der Waals surface area contributed by atoms with Gasteiger partial charge in [-0.3, -0.25) is 0 Å². The van der Waals surface area contributed by atoms with Crippen molar-refractivity contribution in [1.29, 1.82) is 0 Å². The molecule has 3 rings (SSSR count). The standard InChI is InChI=1S/C14H16BrN3O/c1-9-2-5-11(12(15)8-9)14-18-17-13(19-14)6-7-16-10-3-4-10/h2,5,8,10,16H,3-4,6-7H2,1H3. The van der Waals surface area contributed by atoms with Gasteiger partial charge < -0.3 is 9.73 Å². The lowest BCUT2D eigenvalue weighted by atomic mass is 10.1. The molecule has 19 heavy (non-hydrogen) atoms. The predicted octanol–water partition coefficient (Wildman–Crippen LogP) is 3.10. The Bertz CT molecular complexity index is 578. The maximum Gasteiger partial charge on any atom is 0.248 e. The molecule has 0 bridgehead atoms. The molecule has 0 aliphatic heterocycles. The van der Waals surface area contributed by atoms with Crippen LogP contribution in [0.4, 0.5) is 0 Å². The smallest absolute Gasteiger partial charge is 0.248 e. The lowest BCUT2D eigenvalue weighted by Gasteiger charge is -2.00. The summed E-state index contributed by atoms with van der Waals surface area (Å²) in [6.45, 7) is 2.96. The Labute approximate surface area is 120 Å². The molecule has 1 heterocycles. The molecule has 0 spiro atoms. The zero-order valence-corrected chi connectivity index (χ0v) is 12.4. The molecule has 0 amide bonds. The number of hydrogen-bond acceptors (Lipinski definition) is 4. The van der Waals surface area contributed by atoms with Crippen molar-refractivity contribution in [2.45, 2.75) is 32.2 Å². The van der Waals surface area contributed by atoms with Crippen molar-refractivity contribution < 1.29 is 4.42 Å². The number of aryl methyl sites for hydroxylation is 1. The summed E-state index contributed by atoms with van der Waals surface area (Å²) >= 11 is 3.53. The fourth-order valence-electron chi connectivity index (χ4n) is 1.93. The molecule has 5 heteroatoms. The number of rotatable bonds is 5. The first-order chi connectivity index (χ1) is 9.22. The Morgan fingerprint density at radius 3 is 2.95 bits per heavy atom. The van der Waals surface area contributed by atoms with Gasteiger partial charge in [-0.2, -0.15) is 0 Å². The summed E-state index contributed by atoms with van der Waals surface area (Å²) in [5.74, 6) is 1.27. The Kier molecular flexibility index (Phi) is 3.66. The van der Waals surface area contributed by atoms with E-state index in [4.69, 9.17) is 4.42 Å². The van der Waals surface area contributed by atoms with Crippen molar-refractivity contribution in [3.63, 3.8) is 0 Å². The molecule has 0 unspecified atom stereocenters. The Morgan fingerprint density at radius 2 is 2.21 bits per heavy atom. The summed E-state index contributed by atoms with van der Waals surface area (Å²) in [5, 5.41) is 11.6. The third-order valence-corrected chi connectivity index (χ3v) is 3.83. The fraction of sp³-hybridized carbons (Fsp3) is 0.429. The molecule has 1 fully saturated rings. The highest BCUT2D eigenvalue weighted by Gasteiger charge is 2.20. The Balaban J connectivity index is 1.68. The molecule has 1 aliphatic carbocycles. The summed E-state index contributed by atoms with van der Waals surface area (Å²) in [6.07, 6.45) is 3.38. The van der Waals surface area contributed by atoms with Gasteiger partial charge in [-0.15, -0.1) is 10.2 Å². The van der Waals surface area contributed by atoms with Crippen molar-refractivity contribution in [1.82, 2.24) is 15.5 Å². The fourth-order valence-corrected chi connectivity index (χ4v) is 2.59. The molecular formula is C14H16BrN3O. The van der Waals surface area contributed by atoms with Crippen molar-refractivity contribution in [3.05, 3.63) is 34.1 Å². The highest BCUT2D eigenvalue weighted by atomic mass is 79.9. The van der Waals surface area contributed by atoms with Crippen LogP contribution >= 0.6 is 15.9 Å². The monoisotopic (exact) mass is 321 g/mol. The van der Waals surface area contributed by atoms with Gasteiger partial charge in [0.25, 0.3) is 0 Å². The SMILES string of the molecule is Cc1ccc(-c2nnc(CCNC3CC3)o2)c(Br)c1. The second kappa shape index (κ2) is 5.43. The lowest BCUT2D eigenvalue weighted by Crippen LogP contribution is -2.19. The number of aromatic nitrogens is 2. The van der Waals surface area contributed by atoms with Gasteiger partial charge in [0.2, 0.25) is 11.8 Å². The van der Waals surface area contributed by atoms with E-state index >= 15 is 0 Å². The van der Waals surface area contributed by atoms with Crippen LogP contribution in [0.3, 0.4) is 0 Å². The van der Waals surface area contributed by atoms with E-state index in [2.05, 4.69) is 38.4 Å². The molecule has 1 saturated carbocycles. The first-order valence-electron chi connectivity index (χ1n) is 6.54. The van der Waals surface area contributed by atoms with E-state index in [9.17, 15) is 0 Å². The highest BCUT2D eigenvalue weighted by molar-refractivity contribution is 9.10. The van der Waals surface area contributed by atoms with E-state index in [1.165, 1.54) is 18.4 Å². The van der Waals surface area contributed by atoms with Gasteiger partial charge in [-0.25, -0.2) is 0 Å². The number of halogens is 1. The summed E-state index contributed by atoms with van der Waals surface area (Å²) < 4.78 is 6.69. The summed E-state index contributed by atoms with van der Waals surface area (Å²) in [4.78, 5) is 0. The molecular weight excluding hydrogens is 306 g/mol. The first kappa shape index (κ1) is 12.8. The molecule has 1 N–H and O–H groups in total. The van der Waals surface area contributed by atoms with Crippen LogP contribution in [0.25, 0.3) is 11.5 Å². The largest absolute Gasteiger partial charge is 0.421 e. The molecule has 0 atom stereocenters. The number of hydrogen-bond donors (Lipinski definition) is 1. The van der Waals surface area contributed by atoms with Gasteiger partial charge in [-0.1, -0.05) is 6.07 Å². The van der Waals surface area contributed by atoms with E-state index in [0.717, 1.165) is 23.0 Å². The lowest BCUT2D eigenvalue weighted by molar-refractivity contribution is 0.494. The molecule has 1 aromatic carbocycles. The van der Waals surface area contributed by atoms with Gasteiger partial charge >= 0.3 is 0 Å². The Morgan fingerprint density at radius 1 is 1.37 bits per heavy atom. The molecule has 1 aliphatic rings. The summed E-state index contributed by atoms with van der Waals surface area (Å²) in [6, 6.07) is 6.81. The van der Waals surface area contributed by atoms with E-state index in [0.29, 0.717) is 17.8 Å². The molecule has 0 radical (unpaired) electrons. The number of nitrogens with one attached hydrogen (secondary N) is 1.